The molecule has 7 heteroatoms. The van der Waals surface area contributed by atoms with Crippen LogP contribution in [0.3, 0.4) is 0 Å². The molecule has 0 aliphatic rings. The molecule has 0 saturated carbocycles. The van der Waals surface area contributed by atoms with Gasteiger partial charge in [-0.05, 0) is 12.8 Å². The highest BCUT2D eigenvalue weighted by Crippen LogP contribution is 2.28. The lowest BCUT2D eigenvalue weighted by Crippen LogP contribution is -2.16. The number of thiazole rings is 1. The average molecular weight is 295 g/mol. The van der Waals surface area contributed by atoms with E-state index in [0.717, 1.165) is 5.01 Å². The van der Waals surface area contributed by atoms with Crippen LogP contribution in [0.25, 0.3) is 11.6 Å². The number of methoxy groups -OCH3 is 1. The van der Waals surface area contributed by atoms with E-state index < -0.39 is 5.97 Å². The molecule has 0 aliphatic carbocycles. The summed E-state index contributed by atoms with van der Waals surface area (Å²) in [5.74, 6) is 0.494. The number of carbonyl (C=O) groups is 1. The predicted octanol–water partition coefficient (Wildman–Crippen LogP) is 2.55. The summed E-state index contributed by atoms with van der Waals surface area (Å²) in [6.07, 6.45) is 0. The monoisotopic (exact) mass is 295 g/mol. The molecule has 0 amide bonds. The van der Waals surface area contributed by atoms with Gasteiger partial charge in [0.15, 0.2) is 5.69 Å². The number of aryl methyl sites for hydroxylation is 1. The second kappa shape index (κ2) is 5.72. The van der Waals surface area contributed by atoms with E-state index >= 15 is 0 Å². The fraction of sp³-hybridized carbons (Fsp3) is 0.462. The van der Waals surface area contributed by atoms with Crippen molar-refractivity contribution in [2.75, 3.05) is 7.11 Å². The SMILES string of the molecule is COC(=O)c1nc(-c2csc([C@@H](N)C(C)C)n2)oc1C. The Morgan fingerprint density at radius 3 is 2.75 bits per heavy atom. The van der Waals surface area contributed by atoms with Crippen LogP contribution in [-0.4, -0.2) is 23.0 Å². The topological polar surface area (TPSA) is 91.2 Å². The highest BCUT2D eigenvalue weighted by molar-refractivity contribution is 7.10. The number of ether oxygens (including phenoxy) is 1. The van der Waals surface area contributed by atoms with Crippen LogP contribution in [0.4, 0.5) is 0 Å². The van der Waals surface area contributed by atoms with Gasteiger partial charge in [-0.25, -0.2) is 14.8 Å². The van der Waals surface area contributed by atoms with Crippen LogP contribution in [0.2, 0.25) is 0 Å². The van der Waals surface area contributed by atoms with E-state index in [-0.39, 0.29) is 11.7 Å². The van der Waals surface area contributed by atoms with Gasteiger partial charge >= 0.3 is 5.97 Å². The molecule has 2 rings (SSSR count). The van der Waals surface area contributed by atoms with E-state index in [0.29, 0.717) is 23.3 Å². The standard InChI is InChI=1S/C13H17N3O3S/c1-6(2)9(14)12-15-8(5-20-12)11-16-10(7(3)19-11)13(17)18-4/h5-6,9H,14H2,1-4H3/t9-/m0/s1. The number of esters is 1. The van der Waals surface area contributed by atoms with Crippen molar-refractivity contribution in [1.82, 2.24) is 9.97 Å². The number of nitrogens with zero attached hydrogens (tertiary/aromatic N) is 2. The molecule has 108 valence electrons. The third-order valence-electron chi connectivity index (χ3n) is 2.92. The first-order valence-electron chi connectivity index (χ1n) is 6.21. The van der Waals surface area contributed by atoms with Crippen molar-refractivity contribution < 1.29 is 13.9 Å². The molecule has 1 atom stereocenters. The molecule has 0 aromatic carbocycles. The first-order chi connectivity index (χ1) is 9.43. The second-order valence-corrected chi connectivity index (χ2v) is 5.65. The summed E-state index contributed by atoms with van der Waals surface area (Å²) >= 11 is 1.46. The van der Waals surface area contributed by atoms with Crippen molar-refractivity contribution in [2.24, 2.45) is 11.7 Å². The minimum atomic E-state index is -0.521. The summed E-state index contributed by atoms with van der Waals surface area (Å²) in [5.41, 5.74) is 6.81. The summed E-state index contributed by atoms with van der Waals surface area (Å²) in [7, 11) is 1.30. The first-order valence-corrected chi connectivity index (χ1v) is 7.09. The summed E-state index contributed by atoms with van der Waals surface area (Å²) in [6, 6.07) is -0.120. The van der Waals surface area contributed by atoms with Crippen molar-refractivity contribution in [1.29, 1.82) is 0 Å². The number of carbonyl (C=O) groups excluding carboxylic acids is 1. The lowest BCUT2D eigenvalue weighted by Gasteiger charge is -2.11. The van der Waals surface area contributed by atoms with E-state index in [1.807, 2.05) is 19.2 Å². The van der Waals surface area contributed by atoms with E-state index in [1.54, 1.807) is 6.92 Å². The minimum absolute atomic E-state index is 0.120. The highest BCUT2D eigenvalue weighted by Gasteiger charge is 2.21. The van der Waals surface area contributed by atoms with Gasteiger partial charge in [0, 0.05) is 5.38 Å². The van der Waals surface area contributed by atoms with E-state index in [2.05, 4.69) is 14.7 Å². The smallest absolute Gasteiger partial charge is 0.360 e. The maximum atomic E-state index is 11.5. The zero-order valence-electron chi connectivity index (χ0n) is 11.8. The van der Waals surface area contributed by atoms with Crippen LogP contribution in [0.15, 0.2) is 9.80 Å². The van der Waals surface area contributed by atoms with Gasteiger partial charge < -0.3 is 14.9 Å². The Balaban J connectivity index is 2.31. The minimum Gasteiger partial charge on any atom is -0.464 e. The Morgan fingerprint density at radius 2 is 2.15 bits per heavy atom. The van der Waals surface area contributed by atoms with Crippen molar-refractivity contribution in [3.05, 3.63) is 21.8 Å². The van der Waals surface area contributed by atoms with Crippen molar-refractivity contribution in [3.63, 3.8) is 0 Å². The molecular formula is C13H17N3O3S. The molecule has 2 aromatic heterocycles. The predicted molar refractivity (Wildman–Crippen MR) is 75.5 cm³/mol. The summed E-state index contributed by atoms with van der Waals surface area (Å²) in [5, 5.41) is 2.65. The normalized spacial score (nSPS) is 12.7. The average Bonchev–Trinajstić information content (AvgIpc) is 3.03. The largest absolute Gasteiger partial charge is 0.464 e. The molecule has 20 heavy (non-hydrogen) atoms. The van der Waals surface area contributed by atoms with Gasteiger partial charge in [0.2, 0.25) is 5.89 Å². The summed E-state index contributed by atoms with van der Waals surface area (Å²) < 4.78 is 10.1. The van der Waals surface area contributed by atoms with Crippen molar-refractivity contribution in [2.45, 2.75) is 26.8 Å². The molecule has 2 aromatic rings. The quantitative estimate of drug-likeness (QED) is 0.872. The van der Waals surface area contributed by atoms with Crippen molar-refractivity contribution in [3.8, 4) is 11.6 Å². The molecule has 2 N–H and O–H groups in total. The number of aromatic nitrogens is 2. The Hall–Kier alpha value is -1.73. The summed E-state index contributed by atoms with van der Waals surface area (Å²) in [6.45, 7) is 5.74. The molecule has 0 bridgehead atoms. The zero-order chi connectivity index (χ0) is 14.9. The zero-order valence-corrected chi connectivity index (χ0v) is 12.7. The van der Waals surface area contributed by atoms with E-state index in [9.17, 15) is 4.79 Å². The maximum Gasteiger partial charge on any atom is 0.360 e. The molecular weight excluding hydrogens is 278 g/mol. The molecule has 0 unspecified atom stereocenters. The van der Waals surface area contributed by atoms with Gasteiger partial charge in [-0.3, -0.25) is 0 Å². The van der Waals surface area contributed by atoms with E-state index in [4.69, 9.17) is 10.2 Å². The third kappa shape index (κ3) is 2.73. The van der Waals surface area contributed by atoms with Crippen LogP contribution >= 0.6 is 11.3 Å². The molecule has 0 aliphatic heterocycles. The van der Waals surface area contributed by atoms with Crippen LogP contribution in [0.5, 0.6) is 0 Å². The number of rotatable bonds is 4. The van der Waals surface area contributed by atoms with Gasteiger partial charge in [0.05, 0.1) is 13.2 Å². The van der Waals surface area contributed by atoms with Gasteiger partial charge in [0.25, 0.3) is 0 Å². The van der Waals surface area contributed by atoms with Gasteiger partial charge in [-0.2, -0.15) is 0 Å². The number of oxazole rings is 1. The van der Waals surface area contributed by atoms with Gasteiger partial charge in [-0.15, -0.1) is 11.3 Å². The van der Waals surface area contributed by atoms with E-state index in [1.165, 1.54) is 18.4 Å². The Kier molecular flexibility index (Phi) is 4.20. The van der Waals surface area contributed by atoms with Crippen LogP contribution < -0.4 is 5.73 Å². The Bertz CT molecular complexity index is 618. The van der Waals surface area contributed by atoms with Gasteiger partial charge in [-0.1, -0.05) is 13.8 Å². The van der Waals surface area contributed by atoms with Crippen LogP contribution in [-0.2, 0) is 4.74 Å². The summed E-state index contributed by atoms with van der Waals surface area (Å²) in [4.78, 5) is 20.1. The maximum absolute atomic E-state index is 11.5. The lowest BCUT2D eigenvalue weighted by atomic mass is 10.1. The molecule has 0 spiro atoms. The number of hydrogen-bond donors (Lipinski definition) is 1. The fourth-order valence-electron chi connectivity index (χ4n) is 1.62. The highest BCUT2D eigenvalue weighted by atomic mass is 32.1. The van der Waals surface area contributed by atoms with Crippen molar-refractivity contribution >= 4 is 17.3 Å². The molecule has 0 radical (unpaired) electrons. The lowest BCUT2D eigenvalue weighted by molar-refractivity contribution is 0.0593. The third-order valence-corrected chi connectivity index (χ3v) is 3.87. The molecule has 0 saturated heterocycles. The van der Waals surface area contributed by atoms with Crippen LogP contribution in [0, 0.1) is 12.8 Å². The van der Waals surface area contributed by atoms with Crippen LogP contribution in [0.1, 0.15) is 41.1 Å². The Labute approximate surface area is 121 Å². The number of nitrogens with two attached hydrogens (primary N) is 1. The fourth-order valence-corrected chi connectivity index (χ4v) is 2.58. The van der Waals surface area contributed by atoms with Gasteiger partial charge in [0.1, 0.15) is 16.5 Å². The molecule has 6 nitrogen and oxygen atoms in total. The number of hydrogen-bond acceptors (Lipinski definition) is 7. The second-order valence-electron chi connectivity index (χ2n) is 4.76. The first kappa shape index (κ1) is 14.7. The molecule has 0 fully saturated rings. The Morgan fingerprint density at radius 1 is 1.45 bits per heavy atom. The molecule has 2 heterocycles.